The fourth-order valence-corrected chi connectivity index (χ4v) is 6.72. The van der Waals surface area contributed by atoms with Gasteiger partial charge >= 0.3 is 0 Å². The van der Waals surface area contributed by atoms with Gasteiger partial charge in [0.1, 0.15) is 18.1 Å². The molecular formula is C32H43N5O5S. The number of nitrogens with zero attached hydrogens (tertiary/aromatic N) is 2. The van der Waals surface area contributed by atoms with Crippen LogP contribution in [0.2, 0.25) is 0 Å². The first-order valence-corrected chi connectivity index (χ1v) is 16.0. The predicted octanol–water partition coefficient (Wildman–Crippen LogP) is 2.30. The average molecular weight is 610 g/mol. The fraction of sp³-hybridized carbons (Fsp3) is 0.531. The lowest BCUT2D eigenvalue weighted by molar-refractivity contribution is -0.142. The van der Waals surface area contributed by atoms with Gasteiger partial charge in [-0.2, -0.15) is 0 Å². The molecule has 3 N–H and O–H groups in total. The number of carbonyl (C=O) groups excluding carboxylic acids is 5. The molecule has 1 aliphatic heterocycles. The number of thiophene rings is 1. The highest BCUT2D eigenvalue weighted by atomic mass is 32.1. The molecule has 1 aliphatic carbocycles. The van der Waals surface area contributed by atoms with Gasteiger partial charge in [-0.3, -0.25) is 24.0 Å². The molecule has 10 nitrogen and oxygen atoms in total. The third kappa shape index (κ3) is 8.22. The molecule has 1 saturated heterocycles. The Morgan fingerprint density at radius 1 is 1.00 bits per heavy atom. The Hall–Kier alpha value is -3.73. The van der Waals surface area contributed by atoms with Gasteiger partial charge in [0.2, 0.25) is 23.6 Å². The summed E-state index contributed by atoms with van der Waals surface area (Å²) in [4.78, 5) is 71.5. The van der Waals surface area contributed by atoms with E-state index in [1.807, 2.05) is 49.6 Å². The number of benzene rings is 1. The molecule has 5 amide bonds. The number of rotatable bonds is 5. The highest BCUT2D eigenvalue weighted by Gasteiger charge is 2.33. The number of likely N-dealkylation sites (N-methyl/N-ethyl adjacent to an activating group) is 1. The summed E-state index contributed by atoms with van der Waals surface area (Å²) in [5.74, 6) is -1.94. The molecule has 43 heavy (non-hydrogen) atoms. The van der Waals surface area contributed by atoms with E-state index in [1.165, 1.54) is 21.7 Å². The lowest BCUT2D eigenvalue weighted by Gasteiger charge is -2.30. The molecule has 0 radical (unpaired) electrons. The van der Waals surface area contributed by atoms with Crippen LogP contribution < -0.4 is 16.0 Å². The summed E-state index contributed by atoms with van der Waals surface area (Å²) in [5, 5.41) is 10.4. The van der Waals surface area contributed by atoms with Crippen molar-refractivity contribution in [2.24, 2.45) is 5.92 Å². The van der Waals surface area contributed by atoms with Crippen LogP contribution in [0.1, 0.15) is 66.4 Å². The van der Waals surface area contributed by atoms with Crippen molar-refractivity contribution in [3.63, 3.8) is 0 Å². The Labute approximate surface area is 257 Å². The van der Waals surface area contributed by atoms with Crippen molar-refractivity contribution < 1.29 is 24.0 Å². The van der Waals surface area contributed by atoms with Crippen LogP contribution in [-0.4, -0.2) is 84.1 Å². The molecule has 0 unspecified atom stereocenters. The maximum absolute atomic E-state index is 13.8. The summed E-state index contributed by atoms with van der Waals surface area (Å²) in [6.07, 6.45) is 4.50. The van der Waals surface area contributed by atoms with Crippen molar-refractivity contribution in [2.75, 3.05) is 26.7 Å². The van der Waals surface area contributed by atoms with E-state index in [1.54, 1.807) is 18.3 Å². The minimum Gasteiger partial charge on any atom is -0.353 e. The van der Waals surface area contributed by atoms with Gasteiger partial charge in [0.05, 0.1) is 12.1 Å². The summed E-state index contributed by atoms with van der Waals surface area (Å²) < 4.78 is 0. The Kier molecular flexibility index (Phi) is 11.0. The summed E-state index contributed by atoms with van der Waals surface area (Å²) in [7, 11) is 1.52. The Morgan fingerprint density at radius 2 is 1.72 bits per heavy atom. The molecule has 2 heterocycles. The zero-order valence-corrected chi connectivity index (χ0v) is 26.3. The highest BCUT2D eigenvalue weighted by Crippen LogP contribution is 2.31. The maximum atomic E-state index is 13.8. The van der Waals surface area contributed by atoms with Gasteiger partial charge in [-0.1, -0.05) is 44.2 Å². The second kappa shape index (κ2) is 14.6. The zero-order valence-electron chi connectivity index (χ0n) is 25.5. The van der Waals surface area contributed by atoms with E-state index in [4.69, 9.17) is 0 Å². The Balaban J connectivity index is 1.64. The van der Waals surface area contributed by atoms with Crippen LogP contribution in [0.15, 0.2) is 35.7 Å². The van der Waals surface area contributed by atoms with Gasteiger partial charge in [0.15, 0.2) is 0 Å². The first-order chi connectivity index (χ1) is 20.5. The molecule has 232 valence electrons. The molecule has 2 aliphatic rings. The second-order valence-electron chi connectivity index (χ2n) is 11.9. The first-order valence-electron chi connectivity index (χ1n) is 15.1. The summed E-state index contributed by atoms with van der Waals surface area (Å²) in [6, 6.07) is 6.70. The number of hydrogen-bond acceptors (Lipinski definition) is 6. The monoisotopic (exact) mass is 609 g/mol. The van der Waals surface area contributed by atoms with Crippen LogP contribution in [0.3, 0.4) is 0 Å². The van der Waals surface area contributed by atoms with Crippen LogP contribution >= 0.6 is 11.3 Å². The normalized spacial score (nSPS) is 22.7. The van der Waals surface area contributed by atoms with Crippen molar-refractivity contribution in [3.8, 4) is 0 Å². The van der Waals surface area contributed by atoms with E-state index < -0.39 is 41.8 Å². The van der Waals surface area contributed by atoms with E-state index >= 15 is 0 Å². The van der Waals surface area contributed by atoms with Gasteiger partial charge < -0.3 is 25.8 Å². The standard InChI is InChI=1S/C32H43N5O5S/c1-20(2)16-26-32(42)36(4)21(3)29(39)35-25(17-22-10-6-5-7-11-22)30(40)33-14-15-37(18-28(38)34-26)31(41)24-19-43-27-13-9-8-12-23(24)27/h5-7,10-11,19-21,25-26H,8-9,12-18H2,1-4H3,(H,33,40)(H,34,38)(H,35,39)/t21-,25-,26-/m0/s1. The molecule has 3 atom stereocenters. The molecular weight excluding hydrogens is 566 g/mol. The maximum Gasteiger partial charge on any atom is 0.255 e. The van der Waals surface area contributed by atoms with Crippen molar-refractivity contribution in [3.05, 3.63) is 57.3 Å². The molecule has 0 spiro atoms. The molecule has 1 fully saturated rings. The van der Waals surface area contributed by atoms with Gasteiger partial charge in [-0.15, -0.1) is 11.3 Å². The minimum absolute atomic E-state index is 0.0843. The molecule has 11 heteroatoms. The molecule has 2 aromatic rings. The summed E-state index contributed by atoms with van der Waals surface area (Å²) >= 11 is 1.58. The lowest BCUT2D eigenvalue weighted by Crippen LogP contribution is -2.57. The number of aryl methyl sites for hydroxylation is 1. The SMILES string of the molecule is CC(C)C[C@@H]1NC(=O)CN(C(=O)c2csc3c2CCCC3)CCNC(=O)[C@H](Cc2ccccc2)NC(=O)[C@H](C)N(C)C1=O. The summed E-state index contributed by atoms with van der Waals surface area (Å²) in [5.41, 5.74) is 2.52. The average Bonchev–Trinajstić information content (AvgIpc) is 3.42. The highest BCUT2D eigenvalue weighted by molar-refractivity contribution is 7.10. The molecule has 0 bridgehead atoms. The van der Waals surface area contributed by atoms with Crippen LogP contribution in [0.25, 0.3) is 0 Å². The summed E-state index contributed by atoms with van der Waals surface area (Å²) in [6.45, 7) is 5.42. The van der Waals surface area contributed by atoms with Gasteiger partial charge in [-0.25, -0.2) is 0 Å². The van der Waals surface area contributed by atoms with Crippen molar-refractivity contribution in [1.82, 2.24) is 25.8 Å². The number of nitrogens with one attached hydrogen (secondary N) is 3. The zero-order chi connectivity index (χ0) is 31.1. The van der Waals surface area contributed by atoms with E-state index in [9.17, 15) is 24.0 Å². The quantitative estimate of drug-likeness (QED) is 0.480. The topological polar surface area (TPSA) is 128 Å². The smallest absolute Gasteiger partial charge is 0.255 e. The predicted molar refractivity (Wildman–Crippen MR) is 166 cm³/mol. The molecule has 0 saturated carbocycles. The number of hydrogen-bond donors (Lipinski definition) is 3. The van der Waals surface area contributed by atoms with Crippen LogP contribution in [-0.2, 0) is 38.4 Å². The molecule has 4 rings (SSSR count). The second-order valence-corrected chi connectivity index (χ2v) is 12.9. The Bertz CT molecular complexity index is 1330. The molecule has 1 aromatic carbocycles. The van der Waals surface area contributed by atoms with E-state index in [0.717, 1.165) is 36.8 Å². The van der Waals surface area contributed by atoms with Crippen LogP contribution in [0.4, 0.5) is 0 Å². The van der Waals surface area contributed by atoms with Crippen molar-refractivity contribution in [1.29, 1.82) is 0 Å². The van der Waals surface area contributed by atoms with Crippen LogP contribution in [0.5, 0.6) is 0 Å². The van der Waals surface area contributed by atoms with E-state index in [2.05, 4.69) is 16.0 Å². The first kappa shape index (κ1) is 32.2. The number of carbonyl (C=O) groups is 5. The number of fused-ring (bicyclic) bond motifs is 1. The van der Waals surface area contributed by atoms with Gasteiger partial charge in [0, 0.05) is 36.8 Å². The Morgan fingerprint density at radius 3 is 2.44 bits per heavy atom. The fourth-order valence-electron chi connectivity index (χ4n) is 5.60. The lowest BCUT2D eigenvalue weighted by atomic mass is 9.95. The van der Waals surface area contributed by atoms with E-state index in [-0.39, 0.29) is 37.9 Å². The molecule has 1 aromatic heterocycles. The largest absolute Gasteiger partial charge is 0.353 e. The number of amides is 5. The van der Waals surface area contributed by atoms with Crippen LogP contribution in [0, 0.1) is 5.92 Å². The third-order valence-electron chi connectivity index (χ3n) is 8.16. The van der Waals surface area contributed by atoms with Crippen molar-refractivity contribution in [2.45, 2.75) is 77.4 Å². The third-order valence-corrected chi connectivity index (χ3v) is 9.25. The van der Waals surface area contributed by atoms with Crippen molar-refractivity contribution >= 4 is 40.9 Å². The van der Waals surface area contributed by atoms with Gasteiger partial charge in [-0.05, 0) is 56.1 Å². The van der Waals surface area contributed by atoms with Gasteiger partial charge in [0.25, 0.3) is 5.91 Å². The minimum atomic E-state index is -0.898. The van der Waals surface area contributed by atoms with E-state index in [0.29, 0.717) is 12.0 Å².